The standard InChI is InChI=1S/C25H24N8O2/c1-25(2,3)19-12-17(32-35-19)13-20(34)30-16-4-6-18(7-5-16)33-24-21(23(26)28-14-29-24)22(31-33)15-8-10-27-11-9-15/h4-12,14H,13H2,1-3H3,(H,30,34)(H2,26,28,29). The van der Waals surface area contributed by atoms with E-state index in [2.05, 4.69) is 25.4 Å². The number of carbonyl (C=O) groups is 1. The van der Waals surface area contributed by atoms with E-state index in [1.54, 1.807) is 29.2 Å². The third kappa shape index (κ3) is 4.45. The van der Waals surface area contributed by atoms with Gasteiger partial charge >= 0.3 is 0 Å². The molecule has 1 amide bonds. The summed E-state index contributed by atoms with van der Waals surface area (Å²) in [4.78, 5) is 25.1. The second-order valence-electron chi connectivity index (χ2n) is 9.16. The van der Waals surface area contributed by atoms with E-state index in [1.165, 1.54) is 6.33 Å². The van der Waals surface area contributed by atoms with Crippen LogP contribution in [-0.2, 0) is 16.6 Å². The lowest BCUT2D eigenvalue weighted by Gasteiger charge is -2.12. The highest BCUT2D eigenvalue weighted by atomic mass is 16.5. The summed E-state index contributed by atoms with van der Waals surface area (Å²) in [6, 6.07) is 12.9. The van der Waals surface area contributed by atoms with Crippen molar-refractivity contribution in [3.05, 3.63) is 72.6 Å². The number of carbonyl (C=O) groups excluding carboxylic acids is 1. The number of nitrogens with one attached hydrogen (secondary N) is 1. The fraction of sp³-hybridized carbons (Fsp3) is 0.200. The summed E-state index contributed by atoms with van der Waals surface area (Å²) in [5.41, 5.74) is 10.1. The number of benzene rings is 1. The van der Waals surface area contributed by atoms with E-state index in [1.807, 2.05) is 51.1 Å². The molecular formula is C25H24N8O2. The molecule has 10 nitrogen and oxygen atoms in total. The van der Waals surface area contributed by atoms with E-state index in [0.29, 0.717) is 33.9 Å². The highest BCUT2D eigenvalue weighted by Gasteiger charge is 2.21. The van der Waals surface area contributed by atoms with E-state index in [0.717, 1.165) is 17.0 Å². The van der Waals surface area contributed by atoms with Crippen LogP contribution in [0.2, 0.25) is 0 Å². The third-order valence-corrected chi connectivity index (χ3v) is 5.48. The van der Waals surface area contributed by atoms with Gasteiger partial charge in [0, 0.05) is 35.1 Å². The molecular weight excluding hydrogens is 444 g/mol. The van der Waals surface area contributed by atoms with E-state index in [4.69, 9.17) is 15.4 Å². The van der Waals surface area contributed by atoms with Crippen LogP contribution in [0.25, 0.3) is 28.0 Å². The zero-order chi connectivity index (χ0) is 24.6. The number of fused-ring (bicyclic) bond motifs is 1. The summed E-state index contributed by atoms with van der Waals surface area (Å²) in [5, 5.41) is 12.3. The Morgan fingerprint density at radius 2 is 1.83 bits per heavy atom. The molecule has 0 aliphatic heterocycles. The number of pyridine rings is 1. The van der Waals surface area contributed by atoms with Crippen LogP contribution in [0.3, 0.4) is 0 Å². The molecule has 0 unspecified atom stereocenters. The highest BCUT2D eigenvalue weighted by molar-refractivity contribution is 5.99. The van der Waals surface area contributed by atoms with Crippen molar-refractivity contribution in [2.75, 3.05) is 11.1 Å². The average Bonchev–Trinajstić information content (AvgIpc) is 3.46. The molecule has 4 aromatic heterocycles. The molecule has 176 valence electrons. The van der Waals surface area contributed by atoms with Gasteiger partial charge in [-0.05, 0) is 36.4 Å². The second-order valence-corrected chi connectivity index (χ2v) is 9.16. The molecule has 0 bridgehead atoms. The Labute approximate surface area is 201 Å². The predicted molar refractivity (Wildman–Crippen MR) is 132 cm³/mol. The molecule has 0 radical (unpaired) electrons. The maximum atomic E-state index is 12.5. The molecule has 0 fully saturated rings. The van der Waals surface area contributed by atoms with Crippen molar-refractivity contribution in [3.63, 3.8) is 0 Å². The summed E-state index contributed by atoms with van der Waals surface area (Å²) in [6.07, 6.45) is 4.92. The maximum absolute atomic E-state index is 12.5. The SMILES string of the molecule is CC(C)(C)c1cc(CC(=O)Nc2ccc(-n3nc(-c4ccncc4)c4c(N)ncnc43)cc2)no1. The Morgan fingerprint density at radius 3 is 2.51 bits per heavy atom. The zero-order valence-corrected chi connectivity index (χ0v) is 19.6. The van der Waals surface area contributed by atoms with Crippen LogP contribution in [-0.4, -0.2) is 35.8 Å². The van der Waals surface area contributed by atoms with Crippen molar-refractivity contribution in [2.45, 2.75) is 32.6 Å². The molecule has 10 heteroatoms. The molecule has 1 aromatic carbocycles. The van der Waals surface area contributed by atoms with Crippen molar-refractivity contribution >= 4 is 28.4 Å². The molecule has 35 heavy (non-hydrogen) atoms. The van der Waals surface area contributed by atoms with Crippen LogP contribution in [0.15, 0.2) is 65.7 Å². The van der Waals surface area contributed by atoms with Crippen molar-refractivity contribution in [1.29, 1.82) is 0 Å². The molecule has 0 spiro atoms. The minimum atomic E-state index is -0.184. The second kappa shape index (κ2) is 8.64. The first kappa shape index (κ1) is 22.2. The first-order chi connectivity index (χ1) is 16.8. The van der Waals surface area contributed by atoms with E-state index >= 15 is 0 Å². The molecule has 0 atom stereocenters. The minimum Gasteiger partial charge on any atom is -0.383 e. The molecule has 5 aromatic rings. The van der Waals surface area contributed by atoms with Gasteiger partial charge in [-0.2, -0.15) is 5.10 Å². The number of hydrogen-bond acceptors (Lipinski definition) is 8. The first-order valence-electron chi connectivity index (χ1n) is 11.1. The number of nitrogens with two attached hydrogens (primary N) is 1. The van der Waals surface area contributed by atoms with E-state index in [9.17, 15) is 4.79 Å². The van der Waals surface area contributed by atoms with E-state index in [-0.39, 0.29) is 17.7 Å². The lowest BCUT2D eigenvalue weighted by atomic mass is 9.93. The fourth-order valence-electron chi connectivity index (χ4n) is 3.67. The summed E-state index contributed by atoms with van der Waals surface area (Å²) in [5.74, 6) is 0.905. The van der Waals surface area contributed by atoms with Gasteiger partial charge < -0.3 is 15.6 Å². The van der Waals surface area contributed by atoms with Crippen LogP contribution < -0.4 is 11.1 Å². The number of nitrogens with zero attached hydrogens (tertiary/aromatic N) is 6. The third-order valence-electron chi connectivity index (χ3n) is 5.48. The quantitative estimate of drug-likeness (QED) is 0.396. The summed E-state index contributed by atoms with van der Waals surface area (Å²) < 4.78 is 7.07. The zero-order valence-electron chi connectivity index (χ0n) is 19.6. The van der Waals surface area contributed by atoms with Gasteiger partial charge in [-0.3, -0.25) is 9.78 Å². The van der Waals surface area contributed by atoms with Gasteiger partial charge in [-0.15, -0.1) is 0 Å². The van der Waals surface area contributed by atoms with Gasteiger partial charge in [0.15, 0.2) is 5.65 Å². The first-order valence-corrected chi connectivity index (χ1v) is 11.1. The summed E-state index contributed by atoms with van der Waals surface area (Å²) in [7, 11) is 0. The summed E-state index contributed by atoms with van der Waals surface area (Å²) >= 11 is 0. The number of amides is 1. The topological polar surface area (TPSA) is 138 Å². The highest BCUT2D eigenvalue weighted by Crippen LogP contribution is 2.31. The maximum Gasteiger partial charge on any atom is 0.230 e. The molecule has 0 saturated heterocycles. The smallest absolute Gasteiger partial charge is 0.230 e. The molecule has 0 aliphatic carbocycles. The monoisotopic (exact) mass is 468 g/mol. The van der Waals surface area contributed by atoms with Crippen LogP contribution in [0.5, 0.6) is 0 Å². The molecule has 0 aliphatic rings. The number of anilines is 2. The molecule has 0 saturated carbocycles. The van der Waals surface area contributed by atoms with Crippen molar-refractivity contribution in [2.24, 2.45) is 0 Å². The van der Waals surface area contributed by atoms with Gasteiger partial charge in [0.1, 0.15) is 23.6 Å². The molecule has 5 rings (SSSR count). The molecule has 4 heterocycles. The number of hydrogen-bond donors (Lipinski definition) is 2. The van der Waals surface area contributed by atoms with Gasteiger partial charge in [0.05, 0.1) is 23.2 Å². The lowest BCUT2D eigenvalue weighted by Crippen LogP contribution is -2.14. The predicted octanol–water partition coefficient (Wildman–Crippen LogP) is 3.93. The van der Waals surface area contributed by atoms with Gasteiger partial charge in [0.25, 0.3) is 0 Å². The van der Waals surface area contributed by atoms with Gasteiger partial charge in [0.2, 0.25) is 5.91 Å². The Kier molecular flexibility index (Phi) is 5.48. The Bertz CT molecular complexity index is 1500. The van der Waals surface area contributed by atoms with Crippen molar-refractivity contribution < 1.29 is 9.32 Å². The minimum absolute atomic E-state index is 0.122. The fourth-order valence-corrected chi connectivity index (χ4v) is 3.67. The Hall–Kier alpha value is -4.60. The normalized spacial score (nSPS) is 11.6. The summed E-state index contributed by atoms with van der Waals surface area (Å²) in [6.45, 7) is 6.09. The van der Waals surface area contributed by atoms with Crippen LogP contribution >= 0.6 is 0 Å². The van der Waals surface area contributed by atoms with Gasteiger partial charge in [-0.1, -0.05) is 25.9 Å². The largest absolute Gasteiger partial charge is 0.383 e. The number of rotatable bonds is 5. The van der Waals surface area contributed by atoms with Crippen molar-refractivity contribution in [1.82, 2.24) is 29.9 Å². The number of aromatic nitrogens is 6. The lowest BCUT2D eigenvalue weighted by molar-refractivity contribution is -0.115. The average molecular weight is 469 g/mol. The number of nitrogen functional groups attached to an aromatic ring is 1. The van der Waals surface area contributed by atoms with Crippen LogP contribution in [0.4, 0.5) is 11.5 Å². The Morgan fingerprint density at radius 1 is 1.09 bits per heavy atom. The van der Waals surface area contributed by atoms with Crippen LogP contribution in [0.1, 0.15) is 32.2 Å². The van der Waals surface area contributed by atoms with Gasteiger partial charge in [-0.25, -0.2) is 14.6 Å². The van der Waals surface area contributed by atoms with Crippen molar-refractivity contribution in [3.8, 4) is 16.9 Å². The van der Waals surface area contributed by atoms with Crippen LogP contribution in [0, 0.1) is 0 Å². The van der Waals surface area contributed by atoms with E-state index < -0.39 is 0 Å². The Balaban J connectivity index is 1.38. The molecule has 3 N–H and O–H groups in total.